The number of ether oxygens (including phenoxy) is 1. The molecule has 0 aromatic carbocycles. The molecule has 0 amide bonds. The maximum atomic E-state index is 13.5. The lowest BCUT2D eigenvalue weighted by atomic mass is 9.97. The van der Waals surface area contributed by atoms with Crippen LogP contribution in [0.3, 0.4) is 0 Å². The van der Waals surface area contributed by atoms with Crippen molar-refractivity contribution in [1.82, 2.24) is 24.7 Å². The van der Waals surface area contributed by atoms with Crippen molar-refractivity contribution in [3.8, 4) is 11.5 Å². The zero-order valence-corrected chi connectivity index (χ0v) is 15.9. The highest BCUT2D eigenvalue weighted by molar-refractivity contribution is 5.54. The minimum atomic E-state index is -4.60. The Labute approximate surface area is 165 Å². The van der Waals surface area contributed by atoms with Gasteiger partial charge in [0.15, 0.2) is 11.5 Å². The standard InChI is InChI=1S/C19H19F3N6O/c1-18(13-10-24-27(2)11-13)12-28(7-8-29-18)16-9-15(19(20,21)22)25-17(26-16)14-5-3-4-6-23-14/h3-6,9-11H,7-8,12H2,1-2H3. The van der Waals surface area contributed by atoms with Crippen LogP contribution in [0.1, 0.15) is 18.2 Å². The monoisotopic (exact) mass is 404 g/mol. The van der Waals surface area contributed by atoms with Crippen LogP contribution in [0.25, 0.3) is 11.5 Å². The predicted molar refractivity (Wildman–Crippen MR) is 99.0 cm³/mol. The van der Waals surface area contributed by atoms with Crippen molar-refractivity contribution >= 4 is 5.82 Å². The molecular formula is C19H19F3N6O. The van der Waals surface area contributed by atoms with Crippen LogP contribution < -0.4 is 4.90 Å². The molecule has 0 radical (unpaired) electrons. The van der Waals surface area contributed by atoms with Crippen LogP contribution in [-0.4, -0.2) is 44.4 Å². The Morgan fingerprint density at radius 3 is 2.69 bits per heavy atom. The van der Waals surface area contributed by atoms with E-state index in [1.165, 1.54) is 6.20 Å². The van der Waals surface area contributed by atoms with E-state index in [1.807, 2.05) is 13.1 Å². The van der Waals surface area contributed by atoms with Crippen molar-refractivity contribution in [3.63, 3.8) is 0 Å². The Bertz CT molecular complexity index is 1010. The quantitative estimate of drug-likeness (QED) is 0.669. The Hall–Kier alpha value is -3.01. The summed E-state index contributed by atoms with van der Waals surface area (Å²) in [7, 11) is 1.80. The minimum Gasteiger partial charge on any atom is -0.367 e. The largest absolute Gasteiger partial charge is 0.433 e. The van der Waals surface area contributed by atoms with Crippen LogP contribution in [0.15, 0.2) is 42.9 Å². The van der Waals surface area contributed by atoms with Crippen molar-refractivity contribution in [2.24, 2.45) is 7.05 Å². The molecule has 1 fully saturated rings. The van der Waals surface area contributed by atoms with Gasteiger partial charge in [-0.05, 0) is 19.1 Å². The summed E-state index contributed by atoms with van der Waals surface area (Å²) in [6.45, 7) is 2.97. The van der Waals surface area contributed by atoms with E-state index in [9.17, 15) is 13.2 Å². The van der Waals surface area contributed by atoms with Crippen molar-refractivity contribution in [2.75, 3.05) is 24.6 Å². The SMILES string of the molecule is Cn1cc(C2(C)CN(c3cc(C(F)(F)F)nc(-c4ccccn4)n3)CCO2)cn1. The fourth-order valence-electron chi connectivity index (χ4n) is 3.29. The third kappa shape index (κ3) is 3.93. The van der Waals surface area contributed by atoms with Gasteiger partial charge in [-0.25, -0.2) is 9.97 Å². The normalized spacial score (nSPS) is 20.1. The van der Waals surface area contributed by atoms with Crippen molar-refractivity contribution in [1.29, 1.82) is 0 Å². The number of alkyl halides is 3. The topological polar surface area (TPSA) is 69.0 Å². The van der Waals surface area contributed by atoms with E-state index < -0.39 is 17.5 Å². The molecule has 1 saturated heterocycles. The van der Waals surface area contributed by atoms with Gasteiger partial charge in [-0.1, -0.05) is 6.07 Å². The summed E-state index contributed by atoms with van der Waals surface area (Å²) >= 11 is 0. The van der Waals surface area contributed by atoms with Gasteiger partial charge in [0.05, 0.1) is 19.3 Å². The lowest BCUT2D eigenvalue weighted by Gasteiger charge is -2.40. The second kappa shape index (κ2) is 7.11. The molecule has 29 heavy (non-hydrogen) atoms. The molecule has 0 aliphatic carbocycles. The highest BCUT2D eigenvalue weighted by atomic mass is 19.4. The van der Waals surface area contributed by atoms with Gasteiger partial charge in [0.25, 0.3) is 0 Å². The highest BCUT2D eigenvalue weighted by Gasteiger charge is 2.38. The summed E-state index contributed by atoms with van der Waals surface area (Å²) in [4.78, 5) is 13.9. The third-order valence-corrected chi connectivity index (χ3v) is 4.81. The lowest BCUT2D eigenvalue weighted by Crippen LogP contribution is -2.48. The molecule has 3 aromatic heterocycles. The molecule has 152 valence electrons. The van der Waals surface area contributed by atoms with Gasteiger partial charge in [0, 0.05) is 37.6 Å². The first-order valence-corrected chi connectivity index (χ1v) is 9.00. The molecule has 10 heteroatoms. The number of rotatable bonds is 3. The van der Waals surface area contributed by atoms with E-state index in [0.29, 0.717) is 19.7 Å². The summed E-state index contributed by atoms with van der Waals surface area (Å²) in [6.07, 6.45) is 0.431. The summed E-state index contributed by atoms with van der Waals surface area (Å²) < 4.78 is 48.1. The minimum absolute atomic E-state index is 0.0648. The van der Waals surface area contributed by atoms with Gasteiger partial charge in [-0.15, -0.1) is 0 Å². The number of halogens is 3. The van der Waals surface area contributed by atoms with E-state index >= 15 is 0 Å². The smallest absolute Gasteiger partial charge is 0.367 e. The molecule has 1 aliphatic rings. The Morgan fingerprint density at radius 2 is 2.03 bits per heavy atom. The maximum absolute atomic E-state index is 13.5. The molecule has 1 aliphatic heterocycles. The number of nitrogens with zero attached hydrogens (tertiary/aromatic N) is 6. The van der Waals surface area contributed by atoms with Crippen LogP contribution in [0.5, 0.6) is 0 Å². The van der Waals surface area contributed by atoms with Crippen molar-refractivity contribution in [2.45, 2.75) is 18.7 Å². The number of aryl methyl sites for hydroxylation is 1. The lowest BCUT2D eigenvalue weighted by molar-refractivity contribution is -0.141. The van der Waals surface area contributed by atoms with Gasteiger partial charge in [-0.2, -0.15) is 18.3 Å². The van der Waals surface area contributed by atoms with Crippen molar-refractivity contribution < 1.29 is 17.9 Å². The average Bonchev–Trinajstić information content (AvgIpc) is 3.15. The highest BCUT2D eigenvalue weighted by Crippen LogP contribution is 2.34. The van der Waals surface area contributed by atoms with E-state index in [0.717, 1.165) is 11.6 Å². The summed E-state index contributed by atoms with van der Waals surface area (Å²) in [6, 6.07) is 5.92. The van der Waals surface area contributed by atoms with Crippen molar-refractivity contribution in [3.05, 3.63) is 54.1 Å². The Kier molecular flexibility index (Phi) is 4.73. The first-order chi connectivity index (χ1) is 13.7. The third-order valence-electron chi connectivity index (χ3n) is 4.81. The molecule has 4 rings (SSSR count). The van der Waals surface area contributed by atoms with Crippen LogP contribution in [0.2, 0.25) is 0 Å². The fourth-order valence-corrected chi connectivity index (χ4v) is 3.29. The summed E-state index contributed by atoms with van der Waals surface area (Å²) in [5, 5.41) is 4.17. The van der Waals surface area contributed by atoms with E-state index in [-0.39, 0.29) is 17.3 Å². The van der Waals surface area contributed by atoms with Gasteiger partial charge >= 0.3 is 6.18 Å². The zero-order valence-electron chi connectivity index (χ0n) is 15.9. The molecule has 0 bridgehead atoms. The van der Waals surface area contributed by atoms with Gasteiger partial charge in [0.2, 0.25) is 0 Å². The van der Waals surface area contributed by atoms with E-state index in [2.05, 4.69) is 20.1 Å². The molecule has 7 nitrogen and oxygen atoms in total. The van der Waals surface area contributed by atoms with Gasteiger partial charge in [0.1, 0.15) is 17.1 Å². The summed E-state index contributed by atoms with van der Waals surface area (Å²) in [5.74, 6) is 0.122. The second-order valence-corrected chi connectivity index (χ2v) is 7.05. The van der Waals surface area contributed by atoms with Crippen LogP contribution >= 0.6 is 0 Å². The maximum Gasteiger partial charge on any atom is 0.433 e. The van der Waals surface area contributed by atoms with Gasteiger partial charge in [-0.3, -0.25) is 9.67 Å². The second-order valence-electron chi connectivity index (χ2n) is 7.05. The molecule has 0 saturated carbocycles. The number of aromatic nitrogens is 5. The number of anilines is 1. The number of pyridine rings is 1. The molecule has 3 aromatic rings. The first-order valence-electron chi connectivity index (χ1n) is 9.00. The van der Waals surface area contributed by atoms with Gasteiger partial charge < -0.3 is 9.64 Å². The molecule has 1 unspecified atom stereocenters. The molecule has 1 atom stereocenters. The number of hydrogen-bond acceptors (Lipinski definition) is 6. The molecular weight excluding hydrogens is 385 g/mol. The predicted octanol–water partition coefficient (Wildman–Crippen LogP) is 3.04. The summed E-state index contributed by atoms with van der Waals surface area (Å²) in [5.41, 5.74) is -0.596. The zero-order chi connectivity index (χ0) is 20.6. The van der Waals surface area contributed by atoms with Crippen LogP contribution in [0, 0.1) is 0 Å². The Balaban J connectivity index is 1.73. The molecule has 0 N–H and O–H groups in total. The van der Waals surface area contributed by atoms with Crippen LogP contribution in [-0.2, 0) is 23.6 Å². The Morgan fingerprint density at radius 1 is 1.21 bits per heavy atom. The average molecular weight is 404 g/mol. The molecule has 0 spiro atoms. The first kappa shape index (κ1) is 19.3. The van der Waals surface area contributed by atoms with E-state index in [4.69, 9.17) is 4.74 Å². The number of morpholine rings is 1. The fraction of sp³-hybridized carbons (Fsp3) is 0.368. The van der Waals surface area contributed by atoms with Crippen LogP contribution in [0.4, 0.5) is 19.0 Å². The van der Waals surface area contributed by atoms with E-state index in [1.54, 1.807) is 41.0 Å². The molecule has 4 heterocycles. The number of hydrogen-bond donors (Lipinski definition) is 0.